The Morgan fingerprint density at radius 1 is 1.38 bits per heavy atom. The van der Waals surface area contributed by atoms with Crippen molar-refractivity contribution in [2.24, 2.45) is 0 Å². The Bertz CT molecular complexity index is 477. The third-order valence-corrected chi connectivity index (χ3v) is 3.02. The number of nitrogen functional groups attached to an aromatic ring is 1. The maximum absolute atomic E-state index is 5.48. The Morgan fingerprint density at radius 2 is 2.31 bits per heavy atom. The molecule has 0 spiro atoms. The molecular formula is C8H6N4S. The van der Waals surface area contributed by atoms with E-state index >= 15 is 0 Å². The first kappa shape index (κ1) is 6.97. The van der Waals surface area contributed by atoms with E-state index in [1.54, 1.807) is 11.3 Å². The second-order valence-electron chi connectivity index (χ2n) is 2.90. The molecule has 0 fully saturated rings. The molecule has 4 nitrogen and oxygen atoms in total. The molecule has 1 aliphatic rings. The zero-order valence-electron chi connectivity index (χ0n) is 6.69. The van der Waals surface area contributed by atoms with Crippen LogP contribution in [0.1, 0.15) is 10.6 Å². The maximum atomic E-state index is 5.48. The highest BCUT2D eigenvalue weighted by Gasteiger charge is 2.22. The standard InChI is InChI=1S/C8H6N4S/c9-8-10-7-4-1-2-13-6(4)3-5(7)11-12-8/h1-2H,3H2,(H2,9,10,12). The molecule has 0 unspecified atom stereocenters. The molecular weight excluding hydrogens is 184 g/mol. The largest absolute Gasteiger partial charge is 0.366 e. The summed E-state index contributed by atoms with van der Waals surface area (Å²) in [4.78, 5) is 5.49. The Hall–Kier alpha value is -1.49. The van der Waals surface area contributed by atoms with Gasteiger partial charge in [0.1, 0.15) is 0 Å². The van der Waals surface area contributed by atoms with E-state index < -0.39 is 0 Å². The second kappa shape index (κ2) is 2.26. The van der Waals surface area contributed by atoms with Crippen LogP contribution in [0.5, 0.6) is 0 Å². The fourth-order valence-electron chi connectivity index (χ4n) is 1.54. The van der Waals surface area contributed by atoms with Crippen LogP contribution in [0.25, 0.3) is 11.3 Å². The highest BCUT2D eigenvalue weighted by atomic mass is 32.1. The molecule has 0 aromatic carbocycles. The molecule has 0 atom stereocenters. The number of thiophene rings is 1. The number of fused-ring (bicyclic) bond motifs is 3. The number of nitrogens with zero attached hydrogens (tertiary/aromatic N) is 3. The SMILES string of the molecule is Nc1nnc2c(n1)-c1ccsc1C2. The summed E-state index contributed by atoms with van der Waals surface area (Å²) in [6.07, 6.45) is 0.850. The second-order valence-corrected chi connectivity index (χ2v) is 3.90. The zero-order valence-corrected chi connectivity index (χ0v) is 7.51. The summed E-state index contributed by atoms with van der Waals surface area (Å²) in [6, 6.07) is 2.06. The smallest absolute Gasteiger partial charge is 0.240 e. The van der Waals surface area contributed by atoms with E-state index in [2.05, 4.69) is 26.6 Å². The van der Waals surface area contributed by atoms with Gasteiger partial charge in [-0.3, -0.25) is 0 Å². The van der Waals surface area contributed by atoms with E-state index in [9.17, 15) is 0 Å². The van der Waals surface area contributed by atoms with E-state index in [0.717, 1.165) is 17.8 Å². The van der Waals surface area contributed by atoms with Crippen LogP contribution in [-0.2, 0) is 6.42 Å². The Kier molecular flexibility index (Phi) is 1.21. The number of hydrogen-bond acceptors (Lipinski definition) is 5. The molecule has 0 bridgehead atoms. The highest BCUT2D eigenvalue weighted by Crippen LogP contribution is 2.36. The number of rotatable bonds is 0. The number of aromatic nitrogens is 3. The fraction of sp³-hybridized carbons (Fsp3) is 0.125. The van der Waals surface area contributed by atoms with Crippen LogP contribution in [0.3, 0.4) is 0 Å². The molecule has 2 aromatic heterocycles. The first-order valence-electron chi connectivity index (χ1n) is 3.90. The van der Waals surface area contributed by atoms with Gasteiger partial charge >= 0.3 is 0 Å². The minimum Gasteiger partial charge on any atom is -0.366 e. The Balaban J connectivity index is 2.31. The van der Waals surface area contributed by atoms with E-state index in [4.69, 9.17) is 5.73 Å². The van der Waals surface area contributed by atoms with Crippen LogP contribution >= 0.6 is 11.3 Å². The summed E-state index contributed by atoms with van der Waals surface area (Å²) in [5.74, 6) is 0.248. The third-order valence-electron chi connectivity index (χ3n) is 2.10. The molecule has 2 aromatic rings. The van der Waals surface area contributed by atoms with Gasteiger partial charge in [0.25, 0.3) is 0 Å². The van der Waals surface area contributed by atoms with Gasteiger partial charge in [-0.25, -0.2) is 4.98 Å². The fourth-order valence-corrected chi connectivity index (χ4v) is 2.42. The average molecular weight is 190 g/mol. The molecule has 64 valence electrons. The molecule has 13 heavy (non-hydrogen) atoms. The molecule has 2 N–H and O–H groups in total. The Morgan fingerprint density at radius 3 is 3.23 bits per heavy atom. The van der Waals surface area contributed by atoms with Gasteiger partial charge in [0.2, 0.25) is 5.95 Å². The number of hydrogen-bond donors (Lipinski definition) is 1. The van der Waals surface area contributed by atoms with Crippen LogP contribution in [0.15, 0.2) is 11.4 Å². The third kappa shape index (κ3) is 0.874. The monoisotopic (exact) mass is 190 g/mol. The molecule has 3 rings (SSSR count). The first-order valence-corrected chi connectivity index (χ1v) is 4.78. The van der Waals surface area contributed by atoms with Crippen LogP contribution in [0, 0.1) is 0 Å². The lowest BCUT2D eigenvalue weighted by Gasteiger charge is -1.96. The predicted molar refractivity (Wildman–Crippen MR) is 50.4 cm³/mol. The van der Waals surface area contributed by atoms with Crippen molar-refractivity contribution in [3.63, 3.8) is 0 Å². The molecule has 2 heterocycles. The molecule has 1 aliphatic carbocycles. The minimum atomic E-state index is 0.248. The van der Waals surface area contributed by atoms with Gasteiger partial charge in [-0.1, -0.05) is 0 Å². The van der Waals surface area contributed by atoms with Gasteiger partial charge in [-0.05, 0) is 11.4 Å². The van der Waals surface area contributed by atoms with Gasteiger partial charge in [0.05, 0.1) is 11.4 Å². The van der Waals surface area contributed by atoms with Crippen molar-refractivity contribution < 1.29 is 0 Å². The van der Waals surface area contributed by atoms with Crippen molar-refractivity contribution in [1.82, 2.24) is 15.2 Å². The molecule has 0 radical (unpaired) electrons. The minimum absolute atomic E-state index is 0.248. The number of anilines is 1. The molecule has 0 saturated carbocycles. The van der Waals surface area contributed by atoms with E-state index in [0.29, 0.717) is 0 Å². The molecule has 0 amide bonds. The molecule has 0 saturated heterocycles. The summed E-state index contributed by atoms with van der Waals surface area (Å²) in [7, 11) is 0. The summed E-state index contributed by atoms with van der Waals surface area (Å²) >= 11 is 1.73. The molecule has 5 heteroatoms. The lowest BCUT2D eigenvalue weighted by Crippen LogP contribution is -2.00. The van der Waals surface area contributed by atoms with Gasteiger partial charge < -0.3 is 5.73 Å². The van der Waals surface area contributed by atoms with Gasteiger partial charge in [-0.2, -0.15) is 0 Å². The van der Waals surface area contributed by atoms with Crippen LogP contribution in [0.4, 0.5) is 5.95 Å². The summed E-state index contributed by atoms with van der Waals surface area (Å²) in [5.41, 5.74) is 8.49. The van der Waals surface area contributed by atoms with Crippen molar-refractivity contribution in [1.29, 1.82) is 0 Å². The van der Waals surface area contributed by atoms with E-state index in [1.165, 1.54) is 10.4 Å². The predicted octanol–water partition coefficient (Wildman–Crippen LogP) is 1.09. The van der Waals surface area contributed by atoms with Gasteiger partial charge in [0.15, 0.2) is 0 Å². The highest BCUT2D eigenvalue weighted by molar-refractivity contribution is 7.10. The van der Waals surface area contributed by atoms with E-state index in [-0.39, 0.29) is 5.95 Å². The summed E-state index contributed by atoms with van der Waals surface area (Å²) < 4.78 is 0. The average Bonchev–Trinajstić information content (AvgIpc) is 2.64. The van der Waals surface area contributed by atoms with Crippen molar-refractivity contribution in [2.75, 3.05) is 5.73 Å². The lowest BCUT2D eigenvalue weighted by molar-refractivity contribution is 0.932. The normalized spacial score (nSPS) is 12.6. The summed E-state index contributed by atoms with van der Waals surface area (Å²) in [6.45, 7) is 0. The maximum Gasteiger partial charge on any atom is 0.240 e. The van der Waals surface area contributed by atoms with Crippen molar-refractivity contribution >= 4 is 17.3 Å². The van der Waals surface area contributed by atoms with Crippen LogP contribution in [0.2, 0.25) is 0 Å². The van der Waals surface area contributed by atoms with Gasteiger partial charge in [0, 0.05) is 16.9 Å². The number of nitrogens with two attached hydrogens (primary N) is 1. The van der Waals surface area contributed by atoms with Crippen molar-refractivity contribution in [3.05, 3.63) is 22.0 Å². The lowest BCUT2D eigenvalue weighted by atomic mass is 10.3. The Labute approximate surface area is 78.5 Å². The zero-order chi connectivity index (χ0) is 8.84. The van der Waals surface area contributed by atoms with E-state index in [1.807, 2.05) is 0 Å². The molecule has 0 aliphatic heterocycles. The van der Waals surface area contributed by atoms with Crippen LogP contribution < -0.4 is 5.73 Å². The van der Waals surface area contributed by atoms with Crippen LogP contribution in [-0.4, -0.2) is 15.2 Å². The quantitative estimate of drug-likeness (QED) is 0.576. The first-order chi connectivity index (χ1) is 6.34. The topological polar surface area (TPSA) is 64.7 Å². The van der Waals surface area contributed by atoms with Crippen molar-refractivity contribution in [2.45, 2.75) is 6.42 Å². The van der Waals surface area contributed by atoms with Gasteiger partial charge in [-0.15, -0.1) is 21.5 Å². The summed E-state index contributed by atoms with van der Waals surface area (Å²) in [5, 5.41) is 9.81. The van der Waals surface area contributed by atoms with Crippen molar-refractivity contribution in [3.8, 4) is 11.3 Å².